The quantitative estimate of drug-likeness (QED) is 0.613. The molecule has 0 fully saturated rings. The lowest BCUT2D eigenvalue weighted by Crippen LogP contribution is -2.16. The third kappa shape index (κ3) is 3.63. The molecular weight excluding hydrogens is 284 g/mol. The van der Waals surface area contributed by atoms with E-state index in [1.807, 2.05) is 13.8 Å². The van der Waals surface area contributed by atoms with Gasteiger partial charge in [0.1, 0.15) is 5.69 Å². The standard InChI is InChI=1S/C16H20N2O4/c1-3-5-9-21-16(20)18-14-11-7-8-17-10-13(11)22-15(14)12(19)6-4-2/h7-8,10H,3-6,9H2,1-2H3,(H,18,20). The molecular formula is C16H20N2O4. The molecule has 0 aliphatic rings. The van der Waals surface area contributed by atoms with Gasteiger partial charge < -0.3 is 9.15 Å². The summed E-state index contributed by atoms with van der Waals surface area (Å²) in [5.41, 5.74) is 0.822. The molecule has 0 aliphatic carbocycles. The van der Waals surface area contributed by atoms with E-state index in [2.05, 4.69) is 10.3 Å². The zero-order chi connectivity index (χ0) is 15.9. The fourth-order valence-corrected chi connectivity index (χ4v) is 2.06. The number of hydrogen-bond acceptors (Lipinski definition) is 5. The molecule has 22 heavy (non-hydrogen) atoms. The van der Waals surface area contributed by atoms with Crippen molar-refractivity contribution < 1.29 is 18.7 Å². The number of carbonyl (C=O) groups excluding carboxylic acids is 2. The van der Waals surface area contributed by atoms with Gasteiger partial charge in [-0.15, -0.1) is 0 Å². The minimum absolute atomic E-state index is 0.150. The van der Waals surface area contributed by atoms with Crippen molar-refractivity contribution in [3.05, 3.63) is 24.2 Å². The number of amides is 1. The highest BCUT2D eigenvalue weighted by atomic mass is 16.5. The van der Waals surface area contributed by atoms with Crippen LogP contribution in [-0.4, -0.2) is 23.5 Å². The fourth-order valence-electron chi connectivity index (χ4n) is 2.06. The number of Topliss-reactive ketones (excluding diaryl/α,β-unsaturated/α-hetero) is 1. The van der Waals surface area contributed by atoms with Crippen molar-refractivity contribution in [3.63, 3.8) is 0 Å². The first kappa shape index (κ1) is 16.0. The van der Waals surface area contributed by atoms with E-state index in [0.717, 1.165) is 12.8 Å². The summed E-state index contributed by atoms with van der Waals surface area (Å²) in [6.45, 7) is 4.27. The van der Waals surface area contributed by atoms with Crippen molar-refractivity contribution in [2.24, 2.45) is 0 Å². The average molecular weight is 304 g/mol. The van der Waals surface area contributed by atoms with Gasteiger partial charge in [0.25, 0.3) is 0 Å². The van der Waals surface area contributed by atoms with Crippen molar-refractivity contribution in [1.29, 1.82) is 0 Å². The SMILES string of the molecule is CCCCOC(=O)Nc1c(C(=O)CCC)oc2cnccc12. The molecule has 0 saturated heterocycles. The van der Waals surface area contributed by atoms with Gasteiger partial charge >= 0.3 is 6.09 Å². The Balaban J connectivity index is 2.27. The summed E-state index contributed by atoms with van der Waals surface area (Å²) in [4.78, 5) is 28.0. The normalized spacial score (nSPS) is 10.6. The minimum atomic E-state index is -0.585. The van der Waals surface area contributed by atoms with Gasteiger partial charge in [-0.2, -0.15) is 0 Å². The van der Waals surface area contributed by atoms with E-state index >= 15 is 0 Å². The van der Waals surface area contributed by atoms with Crippen LogP contribution in [0.25, 0.3) is 11.0 Å². The van der Waals surface area contributed by atoms with E-state index in [9.17, 15) is 9.59 Å². The van der Waals surface area contributed by atoms with E-state index in [0.29, 0.717) is 36.1 Å². The van der Waals surface area contributed by atoms with Crippen LogP contribution < -0.4 is 5.32 Å². The van der Waals surface area contributed by atoms with Crippen LogP contribution in [0.2, 0.25) is 0 Å². The van der Waals surface area contributed by atoms with E-state index in [1.165, 1.54) is 6.20 Å². The Morgan fingerprint density at radius 3 is 2.86 bits per heavy atom. The van der Waals surface area contributed by atoms with Gasteiger partial charge in [0.15, 0.2) is 17.1 Å². The zero-order valence-corrected chi connectivity index (χ0v) is 12.8. The highest BCUT2D eigenvalue weighted by Crippen LogP contribution is 2.31. The van der Waals surface area contributed by atoms with Gasteiger partial charge in [-0.1, -0.05) is 20.3 Å². The molecule has 1 N–H and O–H groups in total. The molecule has 0 spiro atoms. The zero-order valence-electron chi connectivity index (χ0n) is 12.8. The maximum atomic E-state index is 12.2. The number of aromatic nitrogens is 1. The predicted molar refractivity (Wildman–Crippen MR) is 83.1 cm³/mol. The van der Waals surface area contributed by atoms with Crippen molar-refractivity contribution in [1.82, 2.24) is 4.98 Å². The number of furan rings is 1. The molecule has 2 aromatic rings. The summed E-state index contributed by atoms with van der Waals surface area (Å²) in [6.07, 6.45) is 5.31. The minimum Gasteiger partial charge on any atom is -0.449 e. The molecule has 2 rings (SSSR count). The highest BCUT2D eigenvalue weighted by molar-refractivity contribution is 6.10. The summed E-state index contributed by atoms with van der Waals surface area (Å²) < 4.78 is 10.6. The van der Waals surface area contributed by atoms with Gasteiger partial charge in [0.2, 0.25) is 0 Å². The van der Waals surface area contributed by atoms with Crippen LogP contribution in [-0.2, 0) is 4.74 Å². The molecule has 0 radical (unpaired) electrons. The molecule has 2 aromatic heterocycles. The number of anilines is 1. The first-order valence-corrected chi connectivity index (χ1v) is 7.50. The smallest absolute Gasteiger partial charge is 0.411 e. The second-order valence-corrected chi connectivity index (χ2v) is 4.97. The maximum Gasteiger partial charge on any atom is 0.411 e. The number of pyridine rings is 1. The van der Waals surface area contributed by atoms with Gasteiger partial charge in [0, 0.05) is 18.0 Å². The highest BCUT2D eigenvalue weighted by Gasteiger charge is 2.22. The Morgan fingerprint density at radius 1 is 1.32 bits per heavy atom. The number of ether oxygens (including phenoxy) is 1. The molecule has 0 aliphatic heterocycles. The van der Waals surface area contributed by atoms with Crippen molar-refractivity contribution in [3.8, 4) is 0 Å². The van der Waals surface area contributed by atoms with Crippen LogP contribution in [0.15, 0.2) is 22.9 Å². The predicted octanol–water partition coefficient (Wildman–Crippen LogP) is 4.16. The molecule has 0 atom stereocenters. The van der Waals surface area contributed by atoms with Crippen LogP contribution in [0.3, 0.4) is 0 Å². The van der Waals surface area contributed by atoms with Gasteiger partial charge in [-0.3, -0.25) is 15.1 Å². The van der Waals surface area contributed by atoms with Crippen molar-refractivity contribution >= 4 is 28.5 Å². The molecule has 0 aromatic carbocycles. The number of nitrogens with one attached hydrogen (secondary N) is 1. The van der Waals surface area contributed by atoms with E-state index in [-0.39, 0.29) is 11.5 Å². The third-order valence-electron chi connectivity index (χ3n) is 3.18. The lowest BCUT2D eigenvalue weighted by atomic mass is 10.1. The van der Waals surface area contributed by atoms with Gasteiger partial charge in [0.05, 0.1) is 12.8 Å². The Morgan fingerprint density at radius 2 is 2.14 bits per heavy atom. The third-order valence-corrected chi connectivity index (χ3v) is 3.18. The summed E-state index contributed by atoms with van der Waals surface area (Å²) >= 11 is 0. The number of nitrogens with zero attached hydrogens (tertiary/aromatic N) is 1. The van der Waals surface area contributed by atoms with Crippen molar-refractivity contribution in [2.45, 2.75) is 39.5 Å². The summed E-state index contributed by atoms with van der Waals surface area (Å²) in [7, 11) is 0. The second-order valence-electron chi connectivity index (χ2n) is 4.97. The molecule has 0 unspecified atom stereocenters. The van der Waals surface area contributed by atoms with Gasteiger partial charge in [-0.05, 0) is 18.9 Å². The molecule has 0 saturated carbocycles. The number of fused-ring (bicyclic) bond motifs is 1. The number of hydrogen-bond donors (Lipinski definition) is 1. The average Bonchev–Trinajstić information content (AvgIpc) is 2.87. The fraction of sp³-hybridized carbons (Fsp3) is 0.438. The number of ketones is 1. The number of unbranched alkanes of at least 4 members (excludes halogenated alkanes) is 1. The van der Waals surface area contributed by atoms with Crippen LogP contribution >= 0.6 is 0 Å². The van der Waals surface area contributed by atoms with Gasteiger partial charge in [-0.25, -0.2) is 4.79 Å². The summed E-state index contributed by atoms with van der Waals surface area (Å²) in [6, 6.07) is 1.70. The molecule has 6 nitrogen and oxygen atoms in total. The van der Waals surface area contributed by atoms with Crippen LogP contribution in [0, 0.1) is 0 Å². The number of rotatable bonds is 7. The van der Waals surface area contributed by atoms with E-state index in [1.54, 1.807) is 12.3 Å². The first-order valence-electron chi connectivity index (χ1n) is 7.50. The molecule has 118 valence electrons. The number of carbonyl (C=O) groups is 2. The maximum absolute atomic E-state index is 12.2. The Hall–Kier alpha value is -2.37. The molecule has 0 bridgehead atoms. The Bertz CT molecular complexity index is 663. The monoisotopic (exact) mass is 304 g/mol. The summed E-state index contributed by atoms with van der Waals surface area (Å²) in [5, 5.41) is 3.27. The largest absolute Gasteiger partial charge is 0.449 e. The molecule has 6 heteroatoms. The van der Waals surface area contributed by atoms with Crippen LogP contribution in [0.5, 0.6) is 0 Å². The van der Waals surface area contributed by atoms with Crippen LogP contribution in [0.4, 0.5) is 10.5 Å². The first-order chi connectivity index (χ1) is 10.7. The van der Waals surface area contributed by atoms with Crippen LogP contribution in [0.1, 0.15) is 50.1 Å². The van der Waals surface area contributed by atoms with E-state index < -0.39 is 6.09 Å². The topological polar surface area (TPSA) is 81.4 Å². The van der Waals surface area contributed by atoms with E-state index in [4.69, 9.17) is 9.15 Å². The second kappa shape index (κ2) is 7.59. The van der Waals surface area contributed by atoms with Crippen molar-refractivity contribution in [2.75, 3.05) is 11.9 Å². The lowest BCUT2D eigenvalue weighted by molar-refractivity contribution is 0.0958. The Labute approximate surface area is 128 Å². The molecule has 2 heterocycles. The lowest BCUT2D eigenvalue weighted by Gasteiger charge is -2.06. The summed E-state index contributed by atoms with van der Waals surface area (Å²) in [5.74, 6) is -0.000139. The Kier molecular flexibility index (Phi) is 5.52. The molecule has 1 amide bonds.